The second-order valence-electron chi connectivity index (χ2n) is 4.54. The highest BCUT2D eigenvalue weighted by Crippen LogP contribution is 2.17. The monoisotopic (exact) mass is 233 g/mol. The number of nitrogens with one attached hydrogen (secondary N) is 1. The SMILES string of the molecule is CCCCC(=O)NC(CC)c1ccc(C)cc1. The predicted octanol–water partition coefficient (Wildman–Crippen LogP) is 3.75. The Kier molecular flexibility index (Phi) is 5.75. The van der Waals surface area contributed by atoms with Crippen LogP contribution in [0.15, 0.2) is 24.3 Å². The molecule has 0 fully saturated rings. The van der Waals surface area contributed by atoms with E-state index in [0.29, 0.717) is 6.42 Å². The molecule has 0 spiro atoms. The van der Waals surface area contributed by atoms with Gasteiger partial charge in [0.15, 0.2) is 0 Å². The molecular weight excluding hydrogens is 210 g/mol. The molecule has 1 aromatic rings. The van der Waals surface area contributed by atoms with Crippen LogP contribution >= 0.6 is 0 Å². The van der Waals surface area contributed by atoms with E-state index < -0.39 is 0 Å². The number of hydrogen-bond donors (Lipinski definition) is 1. The number of carbonyl (C=O) groups is 1. The van der Waals surface area contributed by atoms with E-state index in [4.69, 9.17) is 0 Å². The summed E-state index contributed by atoms with van der Waals surface area (Å²) >= 11 is 0. The van der Waals surface area contributed by atoms with Gasteiger partial charge in [0.1, 0.15) is 0 Å². The molecule has 1 N–H and O–H groups in total. The van der Waals surface area contributed by atoms with Gasteiger partial charge in [-0.05, 0) is 25.3 Å². The fraction of sp³-hybridized carbons (Fsp3) is 0.533. The molecule has 0 aromatic heterocycles. The predicted molar refractivity (Wildman–Crippen MR) is 71.9 cm³/mol. The van der Waals surface area contributed by atoms with E-state index >= 15 is 0 Å². The van der Waals surface area contributed by atoms with Crippen LogP contribution in [0.4, 0.5) is 0 Å². The van der Waals surface area contributed by atoms with E-state index in [1.807, 2.05) is 0 Å². The normalized spacial score (nSPS) is 12.2. The summed E-state index contributed by atoms with van der Waals surface area (Å²) in [6.45, 7) is 6.28. The van der Waals surface area contributed by atoms with Crippen molar-refractivity contribution >= 4 is 5.91 Å². The van der Waals surface area contributed by atoms with Crippen molar-refractivity contribution in [3.63, 3.8) is 0 Å². The molecule has 0 aliphatic rings. The molecule has 2 heteroatoms. The first-order chi connectivity index (χ1) is 8.17. The van der Waals surface area contributed by atoms with Gasteiger partial charge in [0.05, 0.1) is 6.04 Å². The van der Waals surface area contributed by atoms with Gasteiger partial charge in [-0.25, -0.2) is 0 Å². The van der Waals surface area contributed by atoms with Gasteiger partial charge >= 0.3 is 0 Å². The molecule has 94 valence electrons. The fourth-order valence-corrected chi connectivity index (χ4v) is 1.82. The summed E-state index contributed by atoms with van der Waals surface area (Å²) in [7, 11) is 0. The quantitative estimate of drug-likeness (QED) is 0.796. The minimum Gasteiger partial charge on any atom is -0.349 e. The average molecular weight is 233 g/mol. The third kappa shape index (κ3) is 4.59. The smallest absolute Gasteiger partial charge is 0.220 e. The van der Waals surface area contributed by atoms with E-state index in [9.17, 15) is 4.79 Å². The Balaban J connectivity index is 2.59. The molecule has 0 aliphatic heterocycles. The maximum absolute atomic E-state index is 11.7. The first-order valence-corrected chi connectivity index (χ1v) is 6.53. The Bertz CT molecular complexity index is 342. The van der Waals surface area contributed by atoms with Crippen LogP contribution in [0.1, 0.15) is 56.7 Å². The van der Waals surface area contributed by atoms with Crippen molar-refractivity contribution in [2.75, 3.05) is 0 Å². The van der Waals surface area contributed by atoms with Gasteiger partial charge in [0, 0.05) is 6.42 Å². The third-order valence-electron chi connectivity index (χ3n) is 2.98. The molecule has 1 rings (SSSR count). The maximum Gasteiger partial charge on any atom is 0.220 e. The summed E-state index contributed by atoms with van der Waals surface area (Å²) in [5.41, 5.74) is 2.45. The van der Waals surface area contributed by atoms with Crippen LogP contribution in [0, 0.1) is 6.92 Å². The Morgan fingerprint density at radius 3 is 2.41 bits per heavy atom. The van der Waals surface area contributed by atoms with Crippen LogP contribution in [0.25, 0.3) is 0 Å². The lowest BCUT2D eigenvalue weighted by molar-refractivity contribution is -0.122. The van der Waals surface area contributed by atoms with E-state index in [1.165, 1.54) is 11.1 Å². The van der Waals surface area contributed by atoms with Crippen LogP contribution in [-0.2, 0) is 4.79 Å². The van der Waals surface area contributed by atoms with Gasteiger partial charge in [0.25, 0.3) is 0 Å². The largest absolute Gasteiger partial charge is 0.349 e. The number of amides is 1. The molecule has 0 bridgehead atoms. The molecule has 0 saturated heterocycles. The van der Waals surface area contributed by atoms with Gasteiger partial charge in [-0.1, -0.05) is 50.1 Å². The van der Waals surface area contributed by atoms with Crippen molar-refractivity contribution in [1.29, 1.82) is 0 Å². The molecular formula is C15H23NO. The van der Waals surface area contributed by atoms with Crippen molar-refractivity contribution < 1.29 is 4.79 Å². The summed E-state index contributed by atoms with van der Waals surface area (Å²) in [5.74, 6) is 0.166. The van der Waals surface area contributed by atoms with Crippen molar-refractivity contribution in [2.24, 2.45) is 0 Å². The second-order valence-corrected chi connectivity index (χ2v) is 4.54. The van der Waals surface area contributed by atoms with Crippen molar-refractivity contribution in [1.82, 2.24) is 5.32 Å². The van der Waals surface area contributed by atoms with Crippen molar-refractivity contribution in [3.8, 4) is 0 Å². The summed E-state index contributed by atoms with van der Waals surface area (Å²) in [6.07, 6.45) is 3.60. The summed E-state index contributed by atoms with van der Waals surface area (Å²) < 4.78 is 0. The number of unbranched alkanes of at least 4 members (excludes halogenated alkanes) is 1. The molecule has 0 aliphatic carbocycles. The number of rotatable bonds is 6. The first kappa shape index (κ1) is 13.8. The molecule has 1 atom stereocenters. The molecule has 1 unspecified atom stereocenters. The first-order valence-electron chi connectivity index (χ1n) is 6.53. The average Bonchev–Trinajstić information content (AvgIpc) is 2.34. The molecule has 0 saturated carbocycles. The molecule has 17 heavy (non-hydrogen) atoms. The minimum absolute atomic E-state index is 0.153. The van der Waals surface area contributed by atoms with Crippen LogP contribution in [0.3, 0.4) is 0 Å². The zero-order valence-corrected chi connectivity index (χ0v) is 11.1. The summed E-state index contributed by atoms with van der Waals surface area (Å²) in [6, 6.07) is 8.54. The Labute approximate surface area is 104 Å². The highest BCUT2D eigenvalue weighted by molar-refractivity contribution is 5.76. The van der Waals surface area contributed by atoms with E-state index in [1.54, 1.807) is 0 Å². The van der Waals surface area contributed by atoms with Gasteiger partial charge in [-0.3, -0.25) is 4.79 Å². The molecule has 0 radical (unpaired) electrons. The van der Waals surface area contributed by atoms with E-state index in [0.717, 1.165) is 19.3 Å². The summed E-state index contributed by atoms with van der Waals surface area (Å²) in [5, 5.41) is 3.10. The highest BCUT2D eigenvalue weighted by atomic mass is 16.1. The Hall–Kier alpha value is -1.31. The molecule has 1 amide bonds. The van der Waals surface area contributed by atoms with Gasteiger partial charge in [0.2, 0.25) is 5.91 Å². The number of benzene rings is 1. The topological polar surface area (TPSA) is 29.1 Å². The number of aryl methyl sites for hydroxylation is 1. The van der Waals surface area contributed by atoms with Crippen molar-refractivity contribution in [3.05, 3.63) is 35.4 Å². The maximum atomic E-state index is 11.7. The second kappa shape index (κ2) is 7.10. The molecule has 1 aromatic carbocycles. The van der Waals surface area contributed by atoms with E-state index in [2.05, 4.69) is 50.4 Å². The van der Waals surface area contributed by atoms with Crippen LogP contribution in [0.2, 0.25) is 0 Å². The Morgan fingerprint density at radius 2 is 1.88 bits per heavy atom. The molecule has 0 heterocycles. The van der Waals surface area contributed by atoms with Crippen molar-refractivity contribution in [2.45, 2.75) is 52.5 Å². The zero-order valence-electron chi connectivity index (χ0n) is 11.1. The third-order valence-corrected chi connectivity index (χ3v) is 2.98. The van der Waals surface area contributed by atoms with Crippen LogP contribution in [-0.4, -0.2) is 5.91 Å². The lowest BCUT2D eigenvalue weighted by Gasteiger charge is -2.17. The van der Waals surface area contributed by atoms with Gasteiger partial charge in [-0.15, -0.1) is 0 Å². The van der Waals surface area contributed by atoms with Crippen LogP contribution in [0.5, 0.6) is 0 Å². The standard InChI is InChI=1S/C15H23NO/c1-4-6-7-15(17)16-14(5-2)13-10-8-12(3)9-11-13/h8-11,14H,4-7H2,1-3H3,(H,16,17). The van der Waals surface area contributed by atoms with Gasteiger partial charge in [-0.2, -0.15) is 0 Å². The number of carbonyl (C=O) groups excluding carboxylic acids is 1. The highest BCUT2D eigenvalue weighted by Gasteiger charge is 2.11. The lowest BCUT2D eigenvalue weighted by Crippen LogP contribution is -2.27. The van der Waals surface area contributed by atoms with E-state index in [-0.39, 0.29) is 11.9 Å². The Morgan fingerprint density at radius 1 is 1.24 bits per heavy atom. The molecule has 2 nitrogen and oxygen atoms in total. The minimum atomic E-state index is 0.153. The zero-order chi connectivity index (χ0) is 12.7. The fourth-order valence-electron chi connectivity index (χ4n) is 1.82. The summed E-state index contributed by atoms with van der Waals surface area (Å²) in [4.78, 5) is 11.7. The van der Waals surface area contributed by atoms with Crippen LogP contribution < -0.4 is 5.32 Å². The number of hydrogen-bond acceptors (Lipinski definition) is 1. The lowest BCUT2D eigenvalue weighted by atomic mass is 10.0. The van der Waals surface area contributed by atoms with Gasteiger partial charge < -0.3 is 5.32 Å².